The molecular formula is C23H19NO5. The minimum absolute atomic E-state index is 0.0252. The summed E-state index contributed by atoms with van der Waals surface area (Å²) in [6.45, 7) is 0.111. The van der Waals surface area contributed by atoms with E-state index >= 15 is 0 Å². The first-order chi connectivity index (χ1) is 14.1. The number of nitrogens with zero attached hydrogens (tertiary/aromatic N) is 1. The molecule has 1 N–H and O–H groups in total. The Labute approximate surface area is 167 Å². The molecule has 2 heterocycles. The molecule has 1 atom stereocenters. The number of hydrogen-bond donors (Lipinski definition) is 1. The number of carbonyl (C=O) groups is 2. The quantitative estimate of drug-likeness (QED) is 0.407. The molecule has 4 rings (SSSR count). The number of Topliss-reactive ketones (excluding diaryl/α,β-unsaturated/α-hetero) is 1. The molecule has 1 aromatic heterocycles. The lowest BCUT2D eigenvalue weighted by Crippen LogP contribution is -2.29. The van der Waals surface area contributed by atoms with Gasteiger partial charge in [0.2, 0.25) is 0 Å². The van der Waals surface area contributed by atoms with E-state index in [1.54, 1.807) is 36.4 Å². The average molecular weight is 389 g/mol. The fourth-order valence-corrected chi connectivity index (χ4v) is 3.58. The number of hydrogen-bond acceptors (Lipinski definition) is 5. The minimum atomic E-state index is -0.744. The van der Waals surface area contributed by atoms with Crippen molar-refractivity contribution in [3.63, 3.8) is 0 Å². The third kappa shape index (κ3) is 3.29. The number of para-hydroxylation sites is 1. The molecule has 1 unspecified atom stereocenters. The van der Waals surface area contributed by atoms with Gasteiger partial charge in [0.15, 0.2) is 0 Å². The first kappa shape index (κ1) is 18.6. The Balaban J connectivity index is 1.89. The summed E-state index contributed by atoms with van der Waals surface area (Å²) < 4.78 is 10.7. The first-order valence-electron chi connectivity index (χ1n) is 9.11. The maximum atomic E-state index is 13.0. The zero-order valence-electron chi connectivity index (χ0n) is 15.7. The van der Waals surface area contributed by atoms with Gasteiger partial charge in [-0.15, -0.1) is 0 Å². The summed E-state index contributed by atoms with van der Waals surface area (Å²) in [6, 6.07) is 18.7. The van der Waals surface area contributed by atoms with Crippen LogP contribution in [0.25, 0.3) is 5.76 Å². The highest BCUT2D eigenvalue weighted by Crippen LogP contribution is 2.41. The molecule has 29 heavy (non-hydrogen) atoms. The van der Waals surface area contributed by atoms with Crippen LogP contribution in [0.4, 0.5) is 0 Å². The van der Waals surface area contributed by atoms with Gasteiger partial charge in [0.1, 0.15) is 17.3 Å². The normalized spacial score (nSPS) is 18.2. The number of carbonyl (C=O) groups excluding carboxylic acids is 2. The fourth-order valence-electron chi connectivity index (χ4n) is 3.58. The summed E-state index contributed by atoms with van der Waals surface area (Å²) in [5.74, 6) is -0.740. The summed E-state index contributed by atoms with van der Waals surface area (Å²) in [4.78, 5) is 27.3. The number of likely N-dealkylation sites (tertiary alicyclic amines) is 1. The molecule has 1 fully saturated rings. The van der Waals surface area contributed by atoms with Crippen LogP contribution in [0.3, 0.4) is 0 Å². The van der Waals surface area contributed by atoms with Gasteiger partial charge in [-0.1, -0.05) is 42.5 Å². The zero-order chi connectivity index (χ0) is 20.4. The summed E-state index contributed by atoms with van der Waals surface area (Å²) in [7, 11) is 1.48. The van der Waals surface area contributed by atoms with Gasteiger partial charge < -0.3 is 19.2 Å². The number of furan rings is 1. The van der Waals surface area contributed by atoms with E-state index in [1.165, 1.54) is 18.3 Å². The Morgan fingerprint density at radius 3 is 2.45 bits per heavy atom. The van der Waals surface area contributed by atoms with Gasteiger partial charge in [0.25, 0.3) is 11.7 Å². The number of ketones is 1. The van der Waals surface area contributed by atoms with Crippen LogP contribution in [0.5, 0.6) is 5.75 Å². The number of amides is 1. The summed E-state index contributed by atoms with van der Waals surface area (Å²) >= 11 is 0. The third-order valence-corrected chi connectivity index (χ3v) is 4.92. The molecule has 0 bridgehead atoms. The summed E-state index contributed by atoms with van der Waals surface area (Å²) in [5.41, 5.74) is 1.10. The Morgan fingerprint density at radius 2 is 1.76 bits per heavy atom. The van der Waals surface area contributed by atoms with E-state index < -0.39 is 17.7 Å². The van der Waals surface area contributed by atoms with E-state index in [2.05, 4.69) is 0 Å². The molecule has 1 aliphatic heterocycles. The summed E-state index contributed by atoms with van der Waals surface area (Å²) in [5, 5.41) is 11.1. The number of benzene rings is 2. The average Bonchev–Trinajstić information content (AvgIpc) is 3.36. The molecule has 0 aliphatic carbocycles. The highest BCUT2D eigenvalue weighted by atomic mass is 16.5. The van der Waals surface area contributed by atoms with Crippen molar-refractivity contribution < 1.29 is 23.8 Å². The van der Waals surface area contributed by atoms with Gasteiger partial charge in [-0.2, -0.15) is 0 Å². The van der Waals surface area contributed by atoms with E-state index in [-0.39, 0.29) is 17.9 Å². The van der Waals surface area contributed by atoms with Gasteiger partial charge >= 0.3 is 0 Å². The Morgan fingerprint density at radius 1 is 1.03 bits per heavy atom. The lowest BCUT2D eigenvalue weighted by atomic mass is 9.95. The number of aliphatic hydroxyl groups is 1. The van der Waals surface area contributed by atoms with Crippen LogP contribution in [0, 0.1) is 0 Å². The van der Waals surface area contributed by atoms with Crippen molar-refractivity contribution in [3.05, 3.63) is 95.5 Å². The molecule has 1 saturated heterocycles. The number of methoxy groups -OCH3 is 1. The maximum absolute atomic E-state index is 13.0. The van der Waals surface area contributed by atoms with Crippen LogP contribution >= 0.6 is 0 Å². The van der Waals surface area contributed by atoms with Crippen LogP contribution in [-0.2, 0) is 16.1 Å². The van der Waals surface area contributed by atoms with Crippen LogP contribution in [0.15, 0.2) is 83.0 Å². The number of ether oxygens (including phenoxy) is 1. The first-order valence-corrected chi connectivity index (χ1v) is 9.11. The van der Waals surface area contributed by atoms with Crippen LogP contribution in [-0.4, -0.2) is 28.8 Å². The highest BCUT2D eigenvalue weighted by Gasteiger charge is 2.46. The van der Waals surface area contributed by atoms with Crippen molar-refractivity contribution >= 4 is 17.4 Å². The van der Waals surface area contributed by atoms with Gasteiger partial charge in [-0.3, -0.25) is 9.59 Å². The second-order valence-corrected chi connectivity index (χ2v) is 6.62. The number of aliphatic hydroxyl groups excluding tert-OH is 1. The molecule has 6 nitrogen and oxygen atoms in total. The fraction of sp³-hybridized carbons (Fsp3) is 0.130. The minimum Gasteiger partial charge on any atom is -0.507 e. The molecular weight excluding hydrogens is 370 g/mol. The van der Waals surface area contributed by atoms with E-state index in [0.29, 0.717) is 17.1 Å². The van der Waals surface area contributed by atoms with Crippen LogP contribution in [0.1, 0.15) is 22.9 Å². The largest absolute Gasteiger partial charge is 0.507 e. The Kier molecular flexibility index (Phi) is 4.91. The number of rotatable bonds is 5. The molecule has 146 valence electrons. The van der Waals surface area contributed by atoms with Crippen molar-refractivity contribution in [3.8, 4) is 5.75 Å². The van der Waals surface area contributed by atoms with Crippen LogP contribution < -0.4 is 4.74 Å². The molecule has 1 amide bonds. The molecule has 0 radical (unpaired) electrons. The predicted octanol–water partition coefficient (Wildman–Crippen LogP) is 3.91. The molecule has 0 spiro atoms. The second kappa shape index (κ2) is 7.67. The highest BCUT2D eigenvalue weighted by molar-refractivity contribution is 6.46. The smallest absolute Gasteiger partial charge is 0.296 e. The molecule has 6 heteroatoms. The Bertz CT molecular complexity index is 1070. The second-order valence-electron chi connectivity index (χ2n) is 6.62. The van der Waals surface area contributed by atoms with Gasteiger partial charge in [-0.05, 0) is 29.8 Å². The lowest BCUT2D eigenvalue weighted by Gasteiger charge is -2.24. The molecule has 0 saturated carbocycles. The van der Waals surface area contributed by atoms with Crippen molar-refractivity contribution in [1.82, 2.24) is 4.90 Å². The Hall–Kier alpha value is -3.80. The van der Waals surface area contributed by atoms with Crippen molar-refractivity contribution in [2.24, 2.45) is 0 Å². The van der Waals surface area contributed by atoms with Gasteiger partial charge in [-0.25, -0.2) is 0 Å². The lowest BCUT2D eigenvalue weighted by molar-refractivity contribution is -0.140. The van der Waals surface area contributed by atoms with Gasteiger partial charge in [0.05, 0.1) is 37.1 Å². The van der Waals surface area contributed by atoms with E-state index in [1.807, 2.05) is 30.3 Å². The van der Waals surface area contributed by atoms with E-state index in [0.717, 1.165) is 5.56 Å². The van der Waals surface area contributed by atoms with Crippen molar-refractivity contribution in [2.75, 3.05) is 7.11 Å². The molecule has 1 aliphatic rings. The topological polar surface area (TPSA) is 80.0 Å². The van der Waals surface area contributed by atoms with E-state index in [4.69, 9.17) is 9.15 Å². The van der Waals surface area contributed by atoms with Crippen LogP contribution in [0.2, 0.25) is 0 Å². The van der Waals surface area contributed by atoms with Crippen molar-refractivity contribution in [2.45, 2.75) is 12.6 Å². The standard InChI is InChI=1S/C23H19NO5/c1-28-18-12-6-5-11-17(18)21(25)19-20(15-8-3-2-4-9-15)24(23(27)22(19)26)14-16-10-7-13-29-16/h2-13,20,25H,14H2,1H3/b21-19-. The van der Waals surface area contributed by atoms with Crippen molar-refractivity contribution in [1.29, 1.82) is 0 Å². The maximum Gasteiger partial charge on any atom is 0.296 e. The SMILES string of the molecule is COc1ccccc1/C(O)=C1/C(=O)C(=O)N(Cc2ccco2)C1c1ccccc1. The van der Waals surface area contributed by atoms with E-state index in [9.17, 15) is 14.7 Å². The van der Waals surface area contributed by atoms with Gasteiger partial charge in [0, 0.05) is 0 Å². The predicted molar refractivity (Wildman–Crippen MR) is 106 cm³/mol. The zero-order valence-corrected chi connectivity index (χ0v) is 15.7. The molecule has 2 aromatic carbocycles. The molecule has 3 aromatic rings. The monoisotopic (exact) mass is 389 g/mol. The third-order valence-electron chi connectivity index (χ3n) is 4.92. The summed E-state index contributed by atoms with van der Waals surface area (Å²) in [6.07, 6.45) is 1.51.